The maximum atomic E-state index is 12.7. The van der Waals surface area contributed by atoms with E-state index >= 15 is 0 Å². The Bertz CT molecular complexity index is 1820. The van der Waals surface area contributed by atoms with E-state index in [1.54, 1.807) is 28.1 Å². The van der Waals surface area contributed by atoms with Gasteiger partial charge in [0.25, 0.3) is 0 Å². The van der Waals surface area contributed by atoms with E-state index in [9.17, 15) is 14.9 Å². The Labute approximate surface area is 281 Å². The van der Waals surface area contributed by atoms with Crippen LogP contribution in [0.2, 0.25) is 0 Å². The molecule has 7 rings (SSSR count). The Kier molecular flexibility index (Phi) is 9.35. The molecule has 1 saturated heterocycles. The number of amides is 3. The van der Waals surface area contributed by atoms with Crippen LogP contribution in [0.1, 0.15) is 55.0 Å². The second kappa shape index (κ2) is 14.1. The van der Waals surface area contributed by atoms with Gasteiger partial charge in [0.15, 0.2) is 5.01 Å². The molecule has 14 nitrogen and oxygen atoms in total. The van der Waals surface area contributed by atoms with E-state index in [1.165, 1.54) is 7.11 Å². The molecular weight excluding hydrogens is 632 g/mol. The standard InChI is InChI=1S/C33H38N10O4S/c1-46-33(45)36-17-20-12-24(13-20)38-27-15-28(29-7-6-25-14-21(16-34)18-37-43(25)29)35-19-26(27)31-41-40-30(48-31)22-2-4-23(5-3-22)39-32(44)42-8-10-47-11-9-42/h6-7,14-15,18-20,22-24H,2-5,8-13,17H2,1H3,(H,35,38)(H,36,45)(H,39,44). The number of methoxy groups -OCH3 is 1. The lowest BCUT2D eigenvalue weighted by molar-refractivity contribution is 0.0521. The average Bonchev–Trinajstić information content (AvgIpc) is 3.77. The van der Waals surface area contributed by atoms with Crippen molar-refractivity contribution in [2.45, 2.75) is 56.5 Å². The highest BCUT2D eigenvalue weighted by atomic mass is 32.1. The van der Waals surface area contributed by atoms with Gasteiger partial charge in [-0.05, 0) is 68.7 Å². The number of urea groups is 1. The van der Waals surface area contributed by atoms with Crippen LogP contribution in [-0.2, 0) is 9.47 Å². The van der Waals surface area contributed by atoms with Crippen molar-refractivity contribution in [1.82, 2.24) is 40.3 Å². The third-order valence-electron chi connectivity index (χ3n) is 9.49. The molecule has 5 heterocycles. The van der Waals surface area contributed by atoms with Crippen LogP contribution in [0.15, 0.2) is 36.7 Å². The number of alkyl carbamates (subject to hydrolysis) is 1. The molecule has 0 unspecified atom stereocenters. The van der Waals surface area contributed by atoms with Crippen molar-refractivity contribution in [2.24, 2.45) is 5.92 Å². The van der Waals surface area contributed by atoms with E-state index < -0.39 is 6.09 Å². The van der Waals surface area contributed by atoms with Crippen LogP contribution in [0.4, 0.5) is 15.3 Å². The number of aromatic nitrogens is 5. The van der Waals surface area contributed by atoms with Gasteiger partial charge >= 0.3 is 12.1 Å². The van der Waals surface area contributed by atoms with Crippen LogP contribution >= 0.6 is 11.3 Å². The number of morpholine rings is 1. The zero-order valence-electron chi connectivity index (χ0n) is 26.7. The fraction of sp³-hybridized carbons (Fsp3) is 0.485. The van der Waals surface area contributed by atoms with Crippen LogP contribution in [0.3, 0.4) is 0 Å². The molecule has 3 N–H and O–H groups in total. The lowest BCUT2D eigenvalue weighted by Gasteiger charge is -2.36. The van der Waals surface area contributed by atoms with Crippen molar-refractivity contribution < 1.29 is 19.1 Å². The van der Waals surface area contributed by atoms with Gasteiger partial charge in [-0.15, -0.1) is 10.2 Å². The summed E-state index contributed by atoms with van der Waals surface area (Å²) in [5, 5.41) is 34.6. The monoisotopic (exact) mass is 670 g/mol. The molecule has 2 saturated carbocycles. The van der Waals surface area contributed by atoms with Crippen LogP contribution in [0.25, 0.3) is 27.5 Å². The van der Waals surface area contributed by atoms with Crippen molar-refractivity contribution in [3.63, 3.8) is 0 Å². The SMILES string of the molecule is COC(=O)NCC1CC(Nc2cc(-c3ccc4cc(C#N)cnn34)ncc2-c2nnc(C3CCC(NC(=O)N4CCOCC4)CC3)s2)C1. The number of fused-ring (bicyclic) bond motifs is 1. The molecule has 4 aromatic heterocycles. The number of nitriles is 1. The number of hydrogen-bond donors (Lipinski definition) is 3. The van der Waals surface area contributed by atoms with E-state index in [-0.39, 0.29) is 18.1 Å². The molecule has 0 atom stereocenters. The highest BCUT2D eigenvalue weighted by molar-refractivity contribution is 7.14. The predicted molar refractivity (Wildman–Crippen MR) is 179 cm³/mol. The smallest absolute Gasteiger partial charge is 0.406 e. The predicted octanol–water partition coefficient (Wildman–Crippen LogP) is 4.40. The van der Waals surface area contributed by atoms with Crippen molar-refractivity contribution in [3.8, 4) is 28.0 Å². The summed E-state index contributed by atoms with van der Waals surface area (Å²) in [6, 6.07) is 10.2. The van der Waals surface area contributed by atoms with E-state index in [1.807, 2.05) is 29.3 Å². The third kappa shape index (κ3) is 6.90. The van der Waals surface area contributed by atoms with Gasteiger partial charge < -0.3 is 30.3 Å². The van der Waals surface area contributed by atoms with Crippen molar-refractivity contribution >= 4 is 34.7 Å². The molecular formula is C33H38N10O4S. The highest BCUT2D eigenvalue weighted by Gasteiger charge is 2.31. The van der Waals surface area contributed by atoms with Crippen molar-refractivity contribution in [3.05, 3.63) is 47.2 Å². The van der Waals surface area contributed by atoms with Gasteiger partial charge in [0.05, 0.1) is 54.6 Å². The average molecular weight is 671 g/mol. The number of hydrogen-bond acceptors (Lipinski definition) is 11. The quantitative estimate of drug-likeness (QED) is 0.244. The summed E-state index contributed by atoms with van der Waals surface area (Å²) in [5.41, 5.74) is 4.65. The molecule has 3 fully saturated rings. The topological polar surface area (TPSA) is 172 Å². The van der Waals surface area contributed by atoms with Gasteiger partial charge in [-0.2, -0.15) is 10.4 Å². The summed E-state index contributed by atoms with van der Waals surface area (Å²) in [4.78, 5) is 30.9. The zero-order valence-corrected chi connectivity index (χ0v) is 27.5. The van der Waals surface area contributed by atoms with E-state index in [0.29, 0.717) is 50.2 Å². The number of carbonyl (C=O) groups excluding carboxylic acids is 2. The second-order valence-corrected chi connectivity index (χ2v) is 13.6. The summed E-state index contributed by atoms with van der Waals surface area (Å²) >= 11 is 1.60. The number of ether oxygens (including phenoxy) is 2. The van der Waals surface area contributed by atoms with E-state index in [0.717, 1.165) is 76.7 Å². The Balaban J connectivity index is 1.07. The Morgan fingerprint density at radius 2 is 1.90 bits per heavy atom. The first kappa shape index (κ1) is 31.8. The zero-order chi connectivity index (χ0) is 33.0. The maximum absolute atomic E-state index is 12.7. The number of nitrogens with zero attached hydrogens (tertiary/aromatic N) is 7. The fourth-order valence-corrected chi connectivity index (χ4v) is 7.74. The Morgan fingerprint density at radius 1 is 1.08 bits per heavy atom. The van der Waals surface area contributed by atoms with Gasteiger partial charge in [0.2, 0.25) is 0 Å². The molecule has 250 valence electrons. The first-order chi connectivity index (χ1) is 23.5. The Hall–Kier alpha value is -4.81. The van der Waals surface area contributed by atoms with Crippen molar-refractivity contribution in [1.29, 1.82) is 5.26 Å². The Morgan fingerprint density at radius 3 is 2.67 bits per heavy atom. The van der Waals surface area contributed by atoms with Gasteiger partial charge in [0.1, 0.15) is 11.1 Å². The molecule has 3 aliphatic rings. The molecule has 4 aromatic rings. The number of pyridine rings is 1. The van der Waals surface area contributed by atoms with Gasteiger partial charge in [-0.3, -0.25) is 4.98 Å². The summed E-state index contributed by atoms with van der Waals surface area (Å²) in [6.07, 6.45) is 8.48. The molecule has 48 heavy (non-hydrogen) atoms. The molecule has 0 aromatic carbocycles. The van der Waals surface area contributed by atoms with Gasteiger partial charge in [0, 0.05) is 49.5 Å². The largest absolute Gasteiger partial charge is 0.453 e. The molecule has 3 amide bonds. The minimum Gasteiger partial charge on any atom is -0.453 e. The molecule has 2 aliphatic carbocycles. The second-order valence-electron chi connectivity index (χ2n) is 12.6. The highest BCUT2D eigenvalue weighted by Crippen LogP contribution is 2.40. The van der Waals surface area contributed by atoms with Crippen molar-refractivity contribution in [2.75, 3.05) is 45.3 Å². The van der Waals surface area contributed by atoms with Crippen LogP contribution in [-0.4, -0.2) is 93.9 Å². The molecule has 15 heteroatoms. The minimum absolute atomic E-state index is 0.00397. The number of carbonyl (C=O) groups is 2. The molecule has 0 bridgehead atoms. The number of nitrogens with one attached hydrogen (secondary N) is 3. The third-order valence-corrected chi connectivity index (χ3v) is 10.6. The summed E-state index contributed by atoms with van der Waals surface area (Å²) in [7, 11) is 1.37. The molecule has 1 aliphatic heterocycles. The van der Waals surface area contributed by atoms with Gasteiger partial charge in [-0.1, -0.05) is 11.3 Å². The lowest BCUT2D eigenvalue weighted by Crippen LogP contribution is -2.49. The maximum Gasteiger partial charge on any atom is 0.406 e. The summed E-state index contributed by atoms with van der Waals surface area (Å²) < 4.78 is 11.9. The molecule has 0 spiro atoms. The van der Waals surface area contributed by atoms with Crippen LogP contribution in [0, 0.1) is 17.2 Å². The number of anilines is 1. The lowest BCUT2D eigenvalue weighted by atomic mass is 9.80. The minimum atomic E-state index is -0.416. The normalized spacial score (nSPS) is 22.4. The summed E-state index contributed by atoms with van der Waals surface area (Å²) in [6.45, 7) is 3.03. The number of rotatable bonds is 8. The van der Waals surface area contributed by atoms with E-state index in [4.69, 9.17) is 14.5 Å². The first-order valence-electron chi connectivity index (χ1n) is 16.4. The molecule has 0 radical (unpaired) electrons. The van der Waals surface area contributed by atoms with E-state index in [2.05, 4.69) is 37.3 Å². The fourth-order valence-electron chi connectivity index (χ4n) is 6.70. The first-order valence-corrected chi connectivity index (χ1v) is 17.2. The van der Waals surface area contributed by atoms with Crippen LogP contribution < -0.4 is 16.0 Å². The van der Waals surface area contributed by atoms with Crippen LogP contribution in [0.5, 0.6) is 0 Å². The van der Waals surface area contributed by atoms with Gasteiger partial charge in [-0.25, -0.2) is 14.1 Å². The summed E-state index contributed by atoms with van der Waals surface area (Å²) in [5.74, 6) is 0.656.